The number of rotatable bonds is 7. The molecular weight excluding hydrogens is 416 g/mol. The maximum atomic E-state index is 12.6. The molecule has 0 aliphatic heterocycles. The molecule has 0 unspecified atom stereocenters. The third-order valence-electron chi connectivity index (χ3n) is 5.06. The Balaban J connectivity index is 1.31. The third-order valence-corrected chi connectivity index (χ3v) is 5.29. The van der Waals surface area contributed by atoms with Crippen LogP contribution in [0.3, 0.4) is 0 Å². The lowest BCUT2D eigenvalue weighted by Crippen LogP contribution is -2.48. The topological polar surface area (TPSA) is 122 Å². The van der Waals surface area contributed by atoms with Crippen molar-refractivity contribution in [3.63, 3.8) is 0 Å². The van der Waals surface area contributed by atoms with Crippen LogP contribution in [0.15, 0.2) is 61.2 Å². The van der Waals surface area contributed by atoms with E-state index in [1.165, 1.54) is 18.7 Å². The van der Waals surface area contributed by atoms with E-state index in [1.807, 2.05) is 30.3 Å². The van der Waals surface area contributed by atoms with Gasteiger partial charge in [0.25, 0.3) is 5.91 Å². The zero-order chi connectivity index (χ0) is 21.8. The van der Waals surface area contributed by atoms with Gasteiger partial charge in [0.1, 0.15) is 11.9 Å². The van der Waals surface area contributed by atoms with E-state index >= 15 is 0 Å². The van der Waals surface area contributed by atoms with Crippen molar-refractivity contribution in [3.8, 4) is 0 Å². The number of amides is 2. The maximum Gasteiger partial charge on any atom is 0.255 e. The van der Waals surface area contributed by atoms with Gasteiger partial charge in [0.15, 0.2) is 0 Å². The van der Waals surface area contributed by atoms with Crippen LogP contribution in [0.2, 0.25) is 5.02 Å². The van der Waals surface area contributed by atoms with Gasteiger partial charge >= 0.3 is 0 Å². The average Bonchev–Trinajstić information content (AvgIpc) is 3.56. The summed E-state index contributed by atoms with van der Waals surface area (Å²) in [5, 5.41) is 9.52. The molecule has 0 bridgehead atoms. The molecule has 2 aromatic carbocycles. The van der Waals surface area contributed by atoms with Crippen molar-refractivity contribution in [2.45, 2.75) is 24.9 Å². The molecule has 3 aromatic rings. The van der Waals surface area contributed by atoms with Crippen LogP contribution in [0.25, 0.3) is 0 Å². The van der Waals surface area contributed by atoms with Gasteiger partial charge in [-0.1, -0.05) is 23.7 Å². The van der Waals surface area contributed by atoms with E-state index in [2.05, 4.69) is 25.9 Å². The predicted octanol–water partition coefficient (Wildman–Crippen LogP) is 3.03. The van der Waals surface area contributed by atoms with E-state index in [4.69, 9.17) is 17.3 Å². The van der Waals surface area contributed by atoms with Crippen LogP contribution >= 0.6 is 11.6 Å². The fraction of sp³-hybridized carbons (Fsp3) is 0.182. The molecule has 1 heterocycles. The van der Waals surface area contributed by atoms with E-state index in [1.54, 1.807) is 12.1 Å². The molecule has 8 nitrogen and oxygen atoms in total. The Bertz CT molecular complexity index is 1100. The molecule has 31 heavy (non-hydrogen) atoms. The fourth-order valence-corrected chi connectivity index (χ4v) is 3.28. The lowest BCUT2D eigenvalue weighted by atomic mass is 10.1. The molecule has 1 aliphatic rings. The molecule has 0 radical (unpaired) electrons. The Morgan fingerprint density at radius 3 is 2.42 bits per heavy atom. The number of carbonyl (C=O) groups excluding carboxylic acids is 2. The van der Waals surface area contributed by atoms with Crippen LogP contribution in [-0.2, 0) is 11.3 Å². The minimum atomic E-state index is -0.861. The van der Waals surface area contributed by atoms with Gasteiger partial charge < -0.3 is 21.7 Å². The monoisotopic (exact) mass is 436 g/mol. The van der Waals surface area contributed by atoms with Crippen LogP contribution in [0, 0.1) is 0 Å². The number of benzene rings is 2. The van der Waals surface area contributed by atoms with Crippen molar-refractivity contribution >= 4 is 40.5 Å². The van der Waals surface area contributed by atoms with Crippen molar-refractivity contribution in [2.75, 3.05) is 11.1 Å². The Kier molecular flexibility index (Phi) is 5.73. The smallest absolute Gasteiger partial charge is 0.255 e. The van der Waals surface area contributed by atoms with E-state index in [0.29, 0.717) is 35.7 Å². The number of hydrogen-bond acceptors (Lipinski definition) is 6. The molecule has 1 fully saturated rings. The molecule has 0 saturated heterocycles. The first-order valence-electron chi connectivity index (χ1n) is 9.72. The lowest BCUT2D eigenvalue weighted by Gasteiger charge is -2.17. The van der Waals surface area contributed by atoms with Gasteiger partial charge in [-0.25, -0.2) is 9.97 Å². The van der Waals surface area contributed by atoms with E-state index in [0.717, 1.165) is 16.9 Å². The highest BCUT2D eigenvalue weighted by Gasteiger charge is 2.51. The quantitative estimate of drug-likeness (QED) is 0.422. The van der Waals surface area contributed by atoms with Gasteiger partial charge in [-0.15, -0.1) is 0 Å². The molecule has 1 aromatic heterocycles. The van der Waals surface area contributed by atoms with Crippen molar-refractivity contribution in [1.29, 1.82) is 0 Å². The Hall–Kier alpha value is -3.65. The highest BCUT2D eigenvalue weighted by atomic mass is 35.5. The summed E-state index contributed by atoms with van der Waals surface area (Å²) in [5.74, 6) is -0.556. The van der Waals surface area contributed by atoms with Crippen molar-refractivity contribution in [3.05, 3.63) is 77.3 Å². The average molecular weight is 437 g/mol. The van der Waals surface area contributed by atoms with E-state index in [9.17, 15) is 9.59 Å². The van der Waals surface area contributed by atoms with Gasteiger partial charge in [-0.05, 0) is 48.7 Å². The molecule has 0 atom stereocenters. The number of hydrogen-bond donors (Lipinski definition) is 4. The lowest BCUT2D eigenvalue weighted by molar-refractivity contribution is -0.124. The molecule has 158 valence electrons. The Labute approximate surface area is 184 Å². The number of carbonyl (C=O) groups is 2. The predicted molar refractivity (Wildman–Crippen MR) is 119 cm³/mol. The second-order valence-corrected chi connectivity index (χ2v) is 7.84. The second-order valence-electron chi connectivity index (χ2n) is 7.40. The number of aromatic nitrogens is 2. The van der Waals surface area contributed by atoms with Crippen molar-refractivity contribution < 1.29 is 9.59 Å². The summed E-state index contributed by atoms with van der Waals surface area (Å²) in [6.07, 6.45) is 5.39. The van der Waals surface area contributed by atoms with Crippen LogP contribution in [0.5, 0.6) is 0 Å². The molecule has 4 rings (SSSR count). The van der Waals surface area contributed by atoms with Crippen LogP contribution < -0.4 is 21.7 Å². The fourth-order valence-electron chi connectivity index (χ4n) is 3.10. The van der Waals surface area contributed by atoms with Crippen LogP contribution in [0.1, 0.15) is 28.8 Å². The summed E-state index contributed by atoms with van der Waals surface area (Å²) in [7, 11) is 0. The minimum Gasteiger partial charge on any atom is -0.397 e. The number of nitrogens with two attached hydrogens (primary N) is 1. The standard InChI is InChI=1S/C22H21ClN6O2/c23-16-3-6-19(18(24)9-16)28-17-4-1-14(2-5-17)10-27-21(31)22(7-8-22)29-20(30)15-11-25-13-26-12-15/h1-6,9,11-13,28H,7-8,10,24H2,(H,27,31)(H,29,30). The first kappa shape index (κ1) is 20.6. The molecule has 1 aliphatic carbocycles. The highest BCUT2D eigenvalue weighted by Crippen LogP contribution is 2.36. The number of anilines is 3. The van der Waals surface area contributed by atoms with Gasteiger partial charge in [0.05, 0.1) is 16.9 Å². The highest BCUT2D eigenvalue weighted by molar-refractivity contribution is 6.31. The van der Waals surface area contributed by atoms with Crippen LogP contribution in [-0.4, -0.2) is 27.3 Å². The maximum absolute atomic E-state index is 12.6. The largest absolute Gasteiger partial charge is 0.397 e. The van der Waals surface area contributed by atoms with Gasteiger partial charge in [0.2, 0.25) is 5.91 Å². The molecule has 5 N–H and O–H groups in total. The molecule has 1 saturated carbocycles. The first-order chi connectivity index (χ1) is 14.9. The molecule has 0 spiro atoms. The van der Waals surface area contributed by atoms with Gasteiger partial charge in [-0.2, -0.15) is 0 Å². The Morgan fingerprint density at radius 1 is 1.06 bits per heavy atom. The van der Waals surface area contributed by atoms with Gasteiger partial charge in [-0.3, -0.25) is 9.59 Å². The van der Waals surface area contributed by atoms with Crippen LogP contribution in [0.4, 0.5) is 17.1 Å². The number of nitrogens with zero attached hydrogens (tertiary/aromatic N) is 2. The van der Waals surface area contributed by atoms with Crippen molar-refractivity contribution in [2.24, 2.45) is 0 Å². The zero-order valence-corrected chi connectivity index (χ0v) is 17.3. The summed E-state index contributed by atoms with van der Waals surface area (Å²) in [6, 6.07) is 12.9. The molecule has 2 amide bonds. The summed E-state index contributed by atoms with van der Waals surface area (Å²) < 4.78 is 0. The minimum absolute atomic E-state index is 0.200. The SMILES string of the molecule is Nc1cc(Cl)ccc1Nc1ccc(CNC(=O)C2(NC(=O)c3cncnc3)CC2)cc1. The van der Waals surface area contributed by atoms with E-state index < -0.39 is 5.54 Å². The van der Waals surface area contributed by atoms with E-state index in [-0.39, 0.29) is 11.8 Å². The Morgan fingerprint density at radius 2 is 1.77 bits per heavy atom. The number of nitrogens with one attached hydrogen (secondary N) is 3. The van der Waals surface area contributed by atoms with Crippen molar-refractivity contribution in [1.82, 2.24) is 20.6 Å². The molecule has 9 heteroatoms. The third kappa shape index (κ3) is 4.92. The molecular formula is C22H21ClN6O2. The van der Waals surface area contributed by atoms with Gasteiger partial charge in [0, 0.05) is 29.6 Å². The zero-order valence-electron chi connectivity index (χ0n) is 16.6. The number of nitrogen functional groups attached to an aromatic ring is 1. The normalized spacial score (nSPS) is 13.8. The first-order valence-corrected chi connectivity index (χ1v) is 10.1. The number of halogens is 1. The summed E-state index contributed by atoms with van der Waals surface area (Å²) in [4.78, 5) is 32.6. The summed E-state index contributed by atoms with van der Waals surface area (Å²) >= 11 is 5.93. The second kappa shape index (κ2) is 8.61. The summed E-state index contributed by atoms with van der Waals surface area (Å²) in [5.41, 5.74) is 8.55. The summed E-state index contributed by atoms with van der Waals surface area (Å²) in [6.45, 7) is 0.355.